The van der Waals surface area contributed by atoms with Crippen LogP contribution in [0.15, 0.2) is 66.7 Å². The molecule has 0 radical (unpaired) electrons. The molecule has 38 heavy (non-hydrogen) atoms. The molecule has 2 aliphatic rings. The van der Waals surface area contributed by atoms with Gasteiger partial charge in [0.15, 0.2) is 0 Å². The summed E-state index contributed by atoms with van der Waals surface area (Å²) in [6.45, 7) is 12.4. The van der Waals surface area contributed by atoms with Crippen LogP contribution in [0.25, 0.3) is 0 Å². The number of piperazine rings is 1. The van der Waals surface area contributed by atoms with Crippen LogP contribution >= 0.6 is 0 Å². The van der Waals surface area contributed by atoms with E-state index in [1.165, 1.54) is 27.8 Å². The van der Waals surface area contributed by atoms with Gasteiger partial charge in [0.2, 0.25) is 5.91 Å². The number of hydrogen-bond acceptors (Lipinski definition) is 4. The lowest BCUT2D eigenvalue weighted by Crippen LogP contribution is -2.55. The summed E-state index contributed by atoms with van der Waals surface area (Å²) in [5, 5.41) is 0. The molecule has 5 rings (SSSR count). The van der Waals surface area contributed by atoms with Crippen molar-refractivity contribution >= 4 is 5.91 Å². The van der Waals surface area contributed by atoms with Crippen LogP contribution in [0.1, 0.15) is 65.1 Å². The predicted molar refractivity (Wildman–Crippen MR) is 154 cm³/mol. The van der Waals surface area contributed by atoms with Gasteiger partial charge in [-0.2, -0.15) is 0 Å². The average Bonchev–Trinajstić information content (AvgIpc) is 3.19. The molecule has 1 fully saturated rings. The Morgan fingerprint density at radius 3 is 2.11 bits per heavy atom. The Kier molecular flexibility index (Phi) is 7.60. The summed E-state index contributed by atoms with van der Waals surface area (Å²) in [5.74, 6) is 1.44. The van der Waals surface area contributed by atoms with E-state index in [-0.39, 0.29) is 17.9 Å². The molecule has 0 spiro atoms. The molecule has 3 aromatic carbocycles. The van der Waals surface area contributed by atoms with Crippen LogP contribution in [-0.4, -0.2) is 54.0 Å². The van der Waals surface area contributed by atoms with E-state index in [4.69, 9.17) is 10.5 Å². The minimum absolute atomic E-state index is 0.163. The van der Waals surface area contributed by atoms with Crippen LogP contribution in [-0.2, 0) is 4.79 Å². The Morgan fingerprint density at radius 1 is 0.947 bits per heavy atom. The van der Waals surface area contributed by atoms with E-state index in [1.54, 1.807) is 0 Å². The summed E-state index contributed by atoms with van der Waals surface area (Å²) in [6, 6.07) is 23.1. The molecule has 3 aromatic rings. The molecule has 2 heterocycles. The highest BCUT2D eigenvalue weighted by Crippen LogP contribution is 2.46. The Bertz CT molecular complexity index is 1230. The van der Waals surface area contributed by atoms with Crippen molar-refractivity contribution in [1.82, 2.24) is 9.80 Å². The summed E-state index contributed by atoms with van der Waals surface area (Å²) < 4.78 is 6.58. The van der Waals surface area contributed by atoms with Gasteiger partial charge in [-0.1, -0.05) is 66.7 Å². The molecule has 2 aliphatic heterocycles. The highest BCUT2D eigenvalue weighted by atomic mass is 16.5. The SMILES string of the molecule is Cc1cc(C)c2c(c1C)OC(C)(CN1CCN(C(=O)CCC(c3ccccc3)c3ccccc3)CC1)C2N. The molecule has 2 unspecified atom stereocenters. The van der Waals surface area contributed by atoms with Gasteiger partial charge >= 0.3 is 0 Å². The fourth-order valence-corrected chi connectivity index (χ4v) is 6.24. The molecule has 1 saturated heterocycles. The lowest BCUT2D eigenvalue weighted by molar-refractivity contribution is -0.133. The van der Waals surface area contributed by atoms with Crippen molar-refractivity contribution in [3.63, 3.8) is 0 Å². The number of benzene rings is 3. The molecule has 200 valence electrons. The minimum Gasteiger partial charge on any atom is -0.484 e. The van der Waals surface area contributed by atoms with Crippen molar-refractivity contribution in [3.8, 4) is 5.75 Å². The third-order valence-corrected chi connectivity index (χ3v) is 8.65. The van der Waals surface area contributed by atoms with E-state index < -0.39 is 5.60 Å². The van der Waals surface area contributed by atoms with E-state index in [9.17, 15) is 4.79 Å². The fraction of sp³-hybridized carbons (Fsp3) is 0.424. The van der Waals surface area contributed by atoms with Gasteiger partial charge in [-0.3, -0.25) is 9.69 Å². The van der Waals surface area contributed by atoms with Crippen molar-refractivity contribution < 1.29 is 9.53 Å². The van der Waals surface area contributed by atoms with Crippen LogP contribution < -0.4 is 10.5 Å². The van der Waals surface area contributed by atoms with Crippen LogP contribution in [0.4, 0.5) is 0 Å². The smallest absolute Gasteiger partial charge is 0.222 e. The lowest BCUT2D eigenvalue weighted by Gasteiger charge is -2.40. The van der Waals surface area contributed by atoms with Crippen LogP contribution in [0.3, 0.4) is 0 Å². The standard InChI is InChI=1S/C33H41N3O2/c1-23-21-24(2)30-31(25(23)3)38-33(4,32(30)34)22-35-17-19-36(20-18-35)29(37)16-15-28(26-11-7-5-8-12-26)27-13-9-6-10-14-27/h5-14,21,28,32H,15-20,22,34H2,1-4H3. The number of nitrogens with two attached hydrogens (primary N) is 1. The highest BCUT2D eigenvalue weighted by molar-refractivity contribution is 5.76. The number of aryl methyl sites for hydroxylation is 2. The second-order valence-corrected chi connectivity index (χ2v) is 11.3. The van der Waals surface area contributed by atoms with E-state index in [1.807, 2.05) is 17.0 Å². The number of ether oxygens (including phenoxy) is 1. The first-order chi connectivity index (χ1) is 18.3. The number of nitrogens with zero attached hydrogens (tertiary/aromatic N) is 2. The highest BCUT2D eigenvalue weighted by Gasteiger charge is 2.46. The van der Waals surface area contributed by atoms with Crippen molar-refractivity contribution in [2.45, 2.75) is 58.1 Å². The maximum absolute atomic E-state index is 13.2. The largest absolute Gasteiger partial charge is 0.484 e. The third-order valence-electron chi connectivity index (χ3n) is 8.65. The summed E-state index contributed by atoms with van der Waals surface area (Å²) >= 11 is 0. The fourth-order valence-electron chi connectivity index (χ4n) is 6.24. The maximum atomic E-state index is 13.2. The Morgan fingerprint density at radius 2 is 1.53 bits per heavy atom. The lowest BCUT2D eigenvalue weighted by atomic mass is 9.87. The number of carbonyl (C=O) groups is 1. The molecule has 1 amide bonds. The van der Waals surface area contributed by atoms with Gasteiger partial charge in [0, 0.05) is 50.6 Å². The zero-order valence-corrected chi connectivity index (χ0v) is 23.2. The normalized spacial score (nSPS) is 21.4. The molecule has 5 heteroatoms. The first kappa shape index (κ1) is 26.5. The number of fused-ring (bicyclic) bond motifs is 1. The van der Waals surface area contributed by atoms with Gasteiger partial charge in [-0.25, -0.2) is 0 Å². The van der Waals surface area contributed by atoms with E-state index in [0.717, 1.165) is 50.5 Å². The van der Waals surface area contributed by atoms with Crippen molar-refractivity contribution in [2.75, 3.05) is 32.7 Å². The summed E-state index contributed by atoms with van der Waals surface area (Å²) in [5.41, 5.74) is 13.6. The third kappa shape index (κ3) is 5.23. The molecule has 0 saturated carbocycles. The number of carbonyl (C=O) groups excluding carboxylic acids is 1. The number of amides is 1. The second kappa shape index (κ2) is 10.9. The first-order valence-electron chi connectivity index (χ1n) is 13.9. The quantitative estimate of drug-likeness (QED) is 0.454. The molecule has 2 N–H and O–H groups in total. The topological polar surface area (TPSA) is 58.8 Å². The molecular weight excluding hydrogens is 470 g/mol. The van der Waals surface area contributed by atoms with E-state index in [2.05, 4.69) is 87.2 Å². The van der Waals surface area contributed by atoms with Gasteiger partial charge in [-0.05, 0) is 61.9 Å². The molecule has 0 aliphatic carbocycles. The van der Waals surface area contributed by atoms with Gasteiger partial charge in [0.1, 0.15) is 11.4 Å². The predicted octanol–water partition coefficient (Wildman–Crippen LogP) is 5.52. The van der Waals surface area contributed by atoms with Crippen LogP contribution in [0, 0.1) is 20.8 Å². The number of rotatable bonds is 7. The molecule has 0 bridgehead atoms. The van der Waals surface area contributed by atoms with Gasteiger partial charge in [-0.15, -0.1) is 0 Å². The molecular formula is C33H41N3O2. The van der Waals surface area contributed by atoms with Crippen molar-refractivity contribution in [2.24, 2.45) is 5.73 Å². The molecule has 5 nitrogen and oxygen atoms in total. The first-order valence-corrected chi connectivity index (χ1v) is 13.9. The molecule has 2 atom stereocenters. The van der Waals surface area contributed by atoms with Gasteiger partial charge in [0.05, 0.1) is 6.04 Å². The number of hydrogen-bond donors (Lipinski definition) is 1. The zero-order chi connectivity index (χ0) is 26.9. The average molecular weight is 512 g/mol. The van der Waals surface area contributed by atoms with Gasteiger partial charge < -0.3 is 15.4 Å². The Balaban J connectivity index is 1.18. The van der Waals surface area contributed by atoms with Crippen molar-refractivity contribution in [1.29, 1.82) is 0 Å². The summed E-state index contributed by atoms with van der Waals surface area (Å²) in [6.07, 6.45) is 1.36. The summed E-state index contributed by atoms with van der Waals surface area (Å²) in [4.78, 5) is 17.7. The summed E-state index contributed by atoms with van der Waals surface area (Å²) in [7, 11) is 0. The monoisotopic (exact) mass is 511 g/mol. The van der Waals surface area contributed by atoms with Gasteiger partial charge in [0.25, 0.3) is 0 Å². The van der Waals surface area contributed by atoms with Crippen molar-refractivity contribution in [3.05, 3.63) is 100 Å². The maximum Gasteiger partial charge on any atom is 0.222 e. The zero-order valence-electron chi connectivity index (χ0n) is 23.2. The van der Waals surface area contributed by atoms with E-state index >= 15 is 0 Å². The van der Waals surface area contributed by atoms with E-state index in [0.29, 0.717) is 6.42 Å². The molecule has 0 aromatic heterocycles. The minimum atomic E-state index is -0.476. The second-order valence-electron chi connectivity index (χ2n) is 11.3. The Hall–Kier alpha value is -3.15. The van der Waals surface area contributed by atoms with Crippen LogP contribution in [0.5, 0.6) is 5.75 Å². The Labute approximate surface area is 227 Å². The van der Waals surface area contributed by atoms with Crippen LogP contribution in [0.2, 0.25) is 0 Å².